The zero-order valence-electron chi connectivity index (χ0n) is 9.57. The second-order valence-electron chi connectivity index (χ2n) is 4.16. The van der Waals surface area contributed by atoms with Crippen molar-refractivity contribution in [3.63, 3.8) is 0 Å². The fraction of sp³-hybridized carbons (Fsp3) is 0.500. The summed E-state index contributed by atoms with van der Waals surface area (Å²) < 4.78 is 0. The third-order valence-electron chi connectivity index (χ3n) is 2.79. The average molecular weight is 252 g/mol. The van der Waals surface area contributed by atoms with Crippen LogP contribution in [0, 0.1) is 0 Å². The molecule has 1 aromatic heterocycles. The van der Waals surface area contributed by atoms with Crippen LogP contribution in [0.25, 0.3) is 0 Å². The molecule has 92 valence electrons. The maximum atomic E-state index is 11.8. The minimum Gasteiger partial charge on any atom is -0.354 e. The SMILES string of the molecule is O=C(Cc1cccs1)NC1CCCCNC1=O. The molecule has 1 unspecified atom stereocenters. The molecule has 2 rings (SSSR count). The standard InChI is InChI=1S/C12H16N2O2S/c15-11(8-9-4-3-7-17-9)14-10-5-1-2-6-13-12(10)16/h3-4,7,10H,1-2,5-6,8H2,(H,13,16)(H,14,15). The van der Waals surface area contributed by atoms with E-state index in [1.807, 2.05) is 17.5 Å². The number of carbonyl (C=O) groups is 2. The van der Waals surface area contributed by atoms with E-state index in [4.69, 9.17) is 0 Å². The molecule has 2 N–H and O–H groups in total. The van der Waals surface area contributed by atoms with E-state index in [9.17, 15) is 9.59 Å². The molecular weight excluding hydrogens is 236 g/mol. The topological polar surface area (TPSA) is 58.2 Å². The third kappa shape index (κ3) is 3.56. The first-order valence-corrected chi connectivity index (χ1v) is 6.73. The van der Waals surface area contributed by atoms with Crippen LogP contribution in [-0.2, 0) is 16.0 Å². The van der Waals surface area contributed by atoms with Gasteiger partial charge in [0.15, 0.2) is 0 Å². The highest BCUT2D eigenvalue weighted by molar-refractivity contribution is 7.10. The van der Waals surface area contributed by atoms with Gasteiger partial charge in [-0.2, -0.15) is 0 Å². The molecule has 0 spiro atoms. The Labute approximate surface area is 104 Å². The van der Waals surface area contributed by atoms with Crippen LogP contribution in [0.2, 0.25) is 0 Å². The number of thiophene rings is 1. The number of hydrogen-bond donors (Lipinski definition) is 2. The van der Waals surface area contributed by atoms with Crippen molar-refractivity contribution in [1.82, 2.24) is 10.6 Å². The van der Waals surface area contributed by atoms with Crippen molar-refractivity contribution in [1.29, 1.82) is 0 Å². The number of carbonyl (C=O) groups excluding carboxylic acids is 2. The Morgan fingerprint density at radius 3 is 3.18 bits per heavy atom. The Balaban J connectivity index is 1.86. The molecule has 0 saturated carbocycles. The molecule has 1 atom stereocenters. The number of rotatable bonds is 3. The summed E-state index contributed by atoms with van der Waals surface area (Å²) in [4.78, 5) is 24.4. The molecule has 1 fully saturated rings. The summed E-state index contributed by atoms with van der Waals surface area (Å²) in [5.74, 6) is -0.128. The minimum atomic E-state index is -0.357. The van der Waals surface area contributed by atoms with Crippen LogP contribution in [0.3, 0.4) is 0 Å². The van der Waals surface area contributed by atoms with Gasteiger partial charge in [0, 0.05) is 11.4 Å². The highest BCUT2D eigenvalue weighted by Crippen LogP contribution is 2.10. The lowest BCUT2D eigenvalue weighted by atomic mass is 10.1. The molecule has 1 aromatic rings. The van der Waals surface area contributed by atoms with Crippen molar-refractivity contribution >= 4 is 23.2 Å². The minimum absolute atomic E-state index is 0.0537. The van der Waals surface area contributed by atoms with Crippen molar-refractivity contribution in [3.05, 3.63) is 22.4 Å². The quantitative estimate of drug-likeness (QED) is 0.845. The first-order valence-electron chi connectivity index (χ1n) is 5.85. The molecule has 2 amide bonds. The number of hydrogen-bond acceptors (Lipinski definition) is 3. The number of amides is 2. The Morgan fingerprint density at radius 1 is 1.53 bits per heavy atom. The molecule has 2 heterocycles. The van der Waals surface area contributed by atoms with Gasteiger partial charge in [-0.15, -0.1) is 11.3 Å². The van der Waals surface area contributed by atoms with Crippen LogP contribution in [0.1, 0.15) is 24.1 Å². The highest BCUT2D eigenvalue weighted by atomic mass is 32.1. The summed E-state index contributed by atoms with van der Waals surface area (Å²) in [7, 11) is 0. The van der Waals surface area contributed by atoms with Gasteiger partial charge in [-0.05, 0) is 30.7 Å². The van der Waals surface area contributed by atoms with E-state index in [1.54, 1.807) is 11.3 Å². The predicted molar refractivity (Wildman–Crippen MR) is 66.8 cm³/mol. The molecule has 17 heavy (non-hydrogen) atoms. The lowest BCUT2D eigenvalue weighted by Gasteiger charge is -2.14. The molecular formula is C12H16N2O2S. The maximum Gasteiger partial charge on any atom is 0.242 e. The van der Waals surface area contributed by atoms with Gasteiger partial charge >= 0.3 is 0 Å². The fourth-order valence-electron chi connectivity index (χ4n) is 1.89. The Kier molecular flexibility index (Phi) is 4.14. The molecule has 4 nitrogen and oxygen atoms in total. The van der Waals surface area contributed by atoms with Gasteiger partial charge in [-0.25, -0.2) is 0 Å². The molecule has 0 aromatic carbocycles. The monoisotopic (exact) mass is 252 g/mol. The summed E-state index contributed by atoms with van der Waals surface area (Å²) in [6.45, 7) is 0.718. The third-order valence-corrected chi connectivity index (χ3v) is 3.66. The van der Waals surface area contributed by atoms with Gasteiger partial charge in [0.05, 0.1) is 6.42 Å². The van der Waals surface area contributed by atoms with Gasteiger partial charge in [0.1, 0.15) is 6.04 Å². The van der Waals surface area contributed by atoms with E-state index in [0.717, 1.165) is 30.7 Å². The van der Waals surface area contributed by atoms with E-state index in [1.165, 1.54) is 0 Å². The van der Waals surface area contributed by atoms with Crippen LogP contribution in [0.15, 0.2) is 17.5 Å². The first-order chi connectivity index (χ1) is 8.25. The Bertz CT molecular complexity index is 389. The highest BCUT2D eigenvalue weighted by Gasteiger charge is 2.22. The van der Waals surface area contributed by atoms with Crippen molar-refractivity contribution in [2.75, 3.05) is 6.54 Å². The average Bonchev–Trinajstić information content (AvgIpc) is 2.71. The second-order valence-corrected chi connectivity index (χ2v) is 5.20. The van der Waals surface area contributed by atoms with E-state index in [-0.39, 0.29) is 17.9 Å². The fourth-order valence-corrected chi connectivity index (χ4v) is 2.60. The predicted octanol–water partition coefficient (Wildman–Crippen LogP) is 1.08. The summed E-state index contributed by atoms with van der Waals surface area (Å²) in [6.07, 6.45) is 3.06. The van der Waals surface area contributed by atoms with Crippen LogP contribution >= 0.6 is 11.3 Å². The van der Waals surface area contributed by atoms with Crippen molar-refractivity contribution in [3.8, 4) is 0 Å². The van der Waals surface area contributed by atoms with Gasteiger partial charge < -0.3 is 10.6 Å². The van der Waals surface area contributed by atoms with Crippen molar-refractivity contribution in [2.45, 2.75) is 31.7 Å². The first kappa shape index (κ1) is 12.1. The van der Waals surface area contributed by atoms with E-state index >= 15 is 0 Å². The van der Waals surface area contributed by atoms with Gasteiger partial charge in [0.25, 0.3) is 0 Å². The molecule has 1 aliphatic heterocycles. The maximum absolute atomic E-state index is 11.8. The summed E-state index contributed by atoms with van der Waals surface area (Å²) in [5.41, 5.74) is 0. The summed E-state index contributed by atoms with van der Waals surface area (Å²) in [6, 6.07) is 3.49. The molecule has 1 aliphatic rings. The van der Waals surface area contributed by atoms with E-state index in [2.05, 4.69) is 10.6 Å². The van der Waals surface area contributed by atoms with E-state index in [0.29, 0.717) is 6.42 Å². The normalized spacial score (nSPS) is 20.5. The van der Waals surface area contributed by atoms with Crippen LogP contribution in [-0.4, -0.2) is 24.4 Å². The van der Waals surface area contributed by atoms with Crippen molar-refractivity contribution < 1.29 is 9.59 Å². The lowest BCUT2D eigenvalue weighted by Crippen LogP contribution is -2.45. The largest absolute Gasteiger partial charge is 0.354 e. The Hall–Kier alpha value is -1.36. The molecule has 5 heteroatoms. The molecule has 0 aliphatic carbocycles. The smallest absolute Gasteiger partial charge is 0.242 e. The van der Waals surface area contributed by atoms with Crippen LogP contribution in [0.4, 0.5) is 0 Å². The summed E-state index contributed by atoms with van der Waals surface area (Å²) in [5, 5.41) is 7.56. The second kappa shape index (κ2) is 5.82. The number of nitrogens with one attached hydrogen (secondary N) is 2. The van der Waals surface area contributed by atoms with Gasteiger partial charge in [-0.3, -0.25) is 9.59 Å². The van der Waals surface area contributed by atoms with Gasteiger partial charge in [0.2, 0.25) is 11.8 Å². The zero-order chi connectivity index (χ0) is 12.1. The zero-order valence-corrected chi connectivity index (χ0v) is 10.4. The molecule has 1 saturated heterocycles. The van der Waals surface area contributed by atoms with E-state index < -0.39 is 0 Å². The summed E-state index contributed by atoms with van der Waals surface area (Å²) >= 11 is 1.56. The Morgan fingerprint density at radius 2 is 2.41 bits per heavy atom. The van der Waals surface area contributed by atoms with Gasteiger partial charge in [-0.1, -0.05) is 6.07 Å². The van der Waals surface area contributed by atoms with Crippen molar-refractivity contribution in [2.24, 2.45) is 0 Å². The molecule has 0 radical (unpaired) electrons. The van der Waals surface area contributed by atoms with Crippen LogP contribution < -0.4 is 10.6 Å². The lowest BCUT2D eigenvalue weighted by molar-refractivity contribution is -0.128. The molecule has 0 bridgehead atoms. The van der Waals surface area contributed by atoms with Crippen LogP contribution in [0.5, 0.6) is 0 Å².